The molecule has 138 valence electrons. The minimum atomic E-state index is -0.0821. The van der Waals surface area contributed by atoms with E-state index < -0.39 is 0 Å². The van der Waals surface area contributed by atoms with E-state index in [-0.39, 0.29) is 36.0 Å². The average Bonchev–Trinajstić information content (AvgIpc) is 2.60. The van der Waals surface area contributed by atoms with E-state index in [1.807, 2.05) is 4.90 Å². The number of Topliss-reactive ketones (excluding diaryl/α,β-unsaturated/α-hetero) is 1. The number of ketones is 1. The summed E-state index contributed by atoms with van der Waals surface area (Å²) in [4.78, 5) is 37.5. The SMILES string of the molecule is CC(=O)c1ccc(C(=O)N2CCCCC2CNC(=O)CCN)cc1.Cl. The second kappa shape index (κ2) is 10.2. The van der Waals surface area contributed by atoms with E-state index in [0.717, 1.165) is 19.3 Å². The van der Waals surface area contributed by atoms with Gasteiger partial charge in [0.15, 0.2) is 5.78 Å². The van der Waals surface area contributed by atoms with Gasteiger partial charge in [0.05, 0.1) is 0 Å². The molecule has 7 heteroatoms. The van der Waals surface area contributed by atoms with E-state index in [4.69, 9.17) is 5.73 Å². The highest BCUT2D eigenvalue weighted by atomic mass is 35.5. The third-order valence-electron chi connectivity index (χ3n) is 4.33. The lowest BCUT2D eigenvalue weighted by Crippen LogP contribution is -2.49. The first kappa shape index (κ1) is 21.1. The fraction of sp³-hybridized carbons (Fsp3) is 0.500. The standard InChI is InChI=1S/C18H25N3O3.ClH/c1-13(22)14-5-7-15(8-6-14)18(24)21-11-3-2-4-16(21)12-20-17(23)9-10-19;/h5-8,16H,2-4,9-12,19H2,1H3,(H,20,23);1H. The number of benzene rings is 1. The Morgan fingerprint density at radius 2 is 1.80 bits per heavy atom. The number of likely N-dealkylation sites (tertiary alicyclic amines) is 1. The second-order valence-electron chi connectivity index (χ2n) is 6.12. The molecule has 0 radical (unpaired) electrons. The van der Waals surface area contributed by atoms with Crippen LogP contribution in [0.2, 0.25) is 0 Å². The molecule has 1 aromatic carbocycles. The Morgan fingerprint density at radius 1 is 1.16 bits per heavy atom. The Labute approximate surface area is 154 Å². The van der Waals surface area contributed by atoms with Gasteiger partial charge in [-0.2, -0.15) is 0 Å². The smallest absolute Gasteiger partial charge is 0.254 e. The third-order valence-corrected chi connectivity index (χ3v) is 4.33. The first-order chi connectivity index (χ1) is 11.5. The summed E-state index contributed by atoms with van der Waals surface area (Å²) in [5.74, 6) is -0.156. The van der Waals surface area contributed by atoms with Crippen LogP contribution in [0.1, 0.15) is 53.3 Å². The number of hydrogen-bond acceptors (Lipinski definition) is 4. The number of halogens is 1. The second-order valence-corrected chi connectivity index (χ2v) is 6.12. The van der Waals surface area contributed by atoms with E-state index >= 15 is 0 Å². The maximum Gasteiger partial charge on any atom is 0.254 e. The summed E-state index contributed by atoms with van der Waals surface area (Å²) in [5, 5.41) is 2.86. The molecular weight excluding hydrogens is 342 g/mol. The minimum absolute atomic E-state index is 0. The Morgan fingerprint density at radius 3 is 2.40 bits per heavy atom. The number of nitrogens with zero attached hydrogens (tertiary/aromatic N) is 1. The lowest BCUT2D eigenvalue weighted by Gasteiger charge is -2.36. The Balaban J connectivity index is 0.00000312. The van der Waals surface area contributed by atoms with Crippen LogP contribution in [-0.2, 0) is 4.79 Å². The van der Waals surface area contributed by atoms with E-state index in [2.05, 4.69) is 5.32 Å². The number of piperidine rings is 1. The van der Waals surface area contributed by atoms with E-state index in [9.17, 15) is 14.4 Å². The van der Waals surface area contributed by atoms with Crippen molar-refractivity contribution in [2.24, 2.45) is 5.73 Å². The summed E-state index contributed by atoms with van der Waals surface area (Å²) in [5.41, 5.74) is 6.54. The molecule has 1 aliphatic rings. The number of nitrogens with two attached hydrogens (primary N) is 1. The zero-order valence-corrected chi connectivity index (χ0v) is 15.3. The van der Waals surface area contributed by atoms with Gasteiger partial charge >= 0.3 is 0 Å². The van der Waals surface area contributed by atoms with Crippen LogP contribution in [0.15, 0.2) is 24.3 Å². The zero-order valence-electron chi connectivity index (χ0n) is 14.5. The number of carbonyl (C=O) groups is 3. The molecule has 25 heavy (non-hydrogen) atoms. The fourth-order valence-electron chi connectivity index (χ4n) is 2.94. The maximum absolute atomic E-state index is 12.8. The average molecular weight is 368 g/mol. The largest absolute Gasteiger partial charge is 0.354 e. The van der Waals surface area contributed by atoms with Crippen molar-refractivity contribution < 1.29 is 14.4 Å². The van der Waals surface area contributed by atoms with Crippen molar-refractivity contribution in [1.29, 1.82) is 0 Å². The Hall–Kier alpha value is -1.92. The molecular formula is C18H26ClN3O3. The Bertz CT molecular complexity index is 604. The molecule has 1 unspecified atom stereocenters. The molecule has 0 aromatic heterocycles. The van der Waals surface area contributed by atoms with Crippen LogP contribution in [0.5, 0.6) is 0 Å². The fourth-order valence-corrected chi connectivity index (χ4v) is 2.94. The van der Waals surface area contributed by atoms with Crippen LogP contribution in [0.25, 0.3) is 0 Å². The minimum Gasteiger partial charge on any atom is -0.354 e. The molecule has 1 aliphatic heterocycles. The molecule has 1 fully saturated rings. The lowest BCUT2D eigenvalue weighted by molar-refractivity contribution is -0.121. The quantitative estimate of drug-likeness (QED) is 0.749. The van der Waals surface area contributed by atoms with Gasteiger partial charge in [-0.05, 0) is 38.3 Å². The van der Waals surface area contributed by atoms with Gasteiger partial charge in [0.25, 0.3) is 5.91 Å². The first-order valence-corrected chi connectivity index (χ1v) is 8.41. The summed E-state index contributed by atoms with van der Waals surface area (Å²) in [6.45, 7) is 2.96. The molecule has 6 nitrogen and oxygen atoms in total. The molecule has 1 atom stereocenters. The van der Waals surface area contributed by atoms with E-state index in [0.29, 0.717) is 37.2 Å². The summed E-state index contributed by atoms with van der Waals surface area (Å²) in [7, 11) is 0. The van der Waals surface area contributed by atoms with E-state index in [1.165, 1.54) is 6.92 Å². The molecule has 1 heterocycles. The molecule has 0 bridgehead atoms. The summed E-state index contributed by atoms with van der Waals surface area (Å²) in [6.07, 6.45) is 3.18. The number of carbonyl (C=O) groups excluding carboxylic acids is 3. The van der Waals surface area contributed by atoms with Crippen LogP contribution >= 0.6 is 12.4 Å². The molecule has 3 N–H and O–H groups in total. The van der Waals surface area contributed by atoms with Crippen LogP contribution in [0.3, 0.4) is 0 Å². The lowest BCUT2D eigenvalue weighted by atomic mass is 10.00. The highest BCUT2D eigenvalue weighted by Crippen LogP contribution is 2.20. The van der Waals surface area contributed by atoms with Crippen molar-refractivity contribution in [1.82, 2.24) is 10.2 Å². The van der Waals surface area contributed by atoms with Gasteiger partial charge in [0.2, 0.25) is 5.91 Å². The van der Waals surface area contributed by atoms with Crippen LogP contribution in [0.4, 0.5) is 0 Å². The predicted molar refractivity (Wildman–Crippen MR) is 99.1 cm³/mol. The van der Waals surface area contributed by atoms with Crippen molar-refractivity contribution in [2.45, 2.75) is 38.6 Å². The Kier molecular flexibility index (Phi) is 8.58. The number of rotatable bonds is 6. The molecule has 0 spiro atoms. The summed E-state index contributed by atoms with van der Waals surface area (Å²) >= 11 is 0. The van der Waals surface area contributed by atoms with Gasteiger partial charge in [-0.15, -0.1) is 12.4 Å². The monoisotopic (exact) mass is 367 g/mol. The molecule has 0 aliphatic carbocycles. The molecule has 0 saturated carbocycles. The zero-order chi connectivity index (χ0) is 17.5. The molecule has 1 aromatic rings. The highest BCUT2D eigenvalue weighted by Gasteiger charge is 2.27. The van der Waals surface area contributed by atoms with Gasteiger partial charge in [0, 0.05) is 43.2 Å². The third kappa shape index (κ3) is 5.83. The van der Waals surface area contributed by atoms with Gasteiger partial charge in [-0.1, -0.05) is 12.1 Å². The van der Waals surface area contributed by atoms with Crippen molar-refractivity contribution in [3.8, 4) is 0 Å². The number of nitrogens with one attached hydrogen (secondary N) is 1. The highest BCUT2D eigenvalue weighted by molar-refractivity contribution is 5.97. The first-order valence-electron chi connectivity index (χ1n) is 8.41. The van der Waals surface area contributed by atoms with Gasteiger partial charge in [-0.3, -0.25) is 14.4 Å². The topological polar surface area (TPSA) is 92.5 Å². The van der Waals surface area contributed by atoms with Crippen molar-refractivity contribution >= 4 is 30.0 Å². The van der Waals surface area contributed by atoms with Crippen LogP contribution in [0, 0.1) is 0 Å². The van der Waals surface area contributed by atoms with Gasteiger partial charge in [-0.25, -0.2) is 0 Å². The predicted octanol–water partition coefficient (Wildman–Crippen LogP) is 1.77. The van der Waals surface area contributed by atoms with Gasteiger partial charge in [0.1, 0.15) is 0 Å². The molecule has 2 amide bonds. The molecule has 2 rings (SSSR count). The van der Waals surface area contributed by atoms with Gasteiger partial charge < -0.3 is 16.0 Å². The summed E-state index contributed by atoms with van der Waals surface area (Å²) < 4.78 is 0. The summed E-state index contributed by atoms with van der Waals surface area (Å²) in [6, 6.07) is 6.74. The number of hydrogen-bond donors (Lipinski definition) is 2. The van der Waals surface area contributed by atoms with Crippen molar-refractivity contribution in [3.63, 3.8) is 0 Å². The normalized spacial score (nSPS) is 16.7. The molecule has 1 saturated heterocycles. The van der Waals surface area contributed by atoms with Crippen molar-refractivity contribution in [3.05, 3.63) is 35.4 Å². The van der Waals surface area contributed by atoms with Crippen LogP contribution in [-0.4, -0.2) is 48.2 Å². The van der Waals surface area contributed by atoms with E-state index in [1.54, 1.807) is 24.3 Å². The number of amides is 2. The van der Waals surface area contributed by atoms with Crippen molar-refractivity contribution in [2.75, 3.05) is 19.6 Å². The van der Waals surface area contributed by atoms with Crippen LogP contribution < -0.4 is 11.1 Å². The maximum atomic E-state index is 12.8.